The molecule has 3 nitrogen and oxygen atoms in total. The molecule has 0 unspecified atom stereocenters. The van der Waals surface area contributed by atoms with Crippen molar-refractivity contribution in [2.45, 2.75) is 0 Å². The summed E-state index contributed by atoms with van der Waals surface area (Å²) >= 11 is 0. The summed E-state index contributed by atoms with van der Waals surface area (Å²) in [4.78, 5) is 17.0. The summed E-state index contributed by atoms with van der Waals surface area (Å²) in [6, 6.07) is 27.7. The van der Waals surface area contributed by atoms with Crippen LogP contribution in [-0.4, -0.2) is 9.55 Å². The fourth-order valence-corrected chi connectivity index (χ4v) is 3.14. The molecule has 4 aromatic rings. The van der Waals surface area contributed by atoms with Crippen molar-refractivity contribution in [2.24, 2.45) is 7.05 Å². The van der Waals surface area contributed by atoms with Crippen LogP contribution in [0.1, 0.15) is 17.0 Å². The van der Waals surface area contributed by atoms with Gasteiger partial charge in [0.05, 0.1) is 10.9 Å². The molecule has 0 N–H and O–H groups in total. The standard InChI is InChI=1S/C23H18N2O/c1-25-21-15-9-8-14-19(21)23(26)24-22(25)20(18-12-6-3-7-13-18)16-17-10-4-2-5-11-17/h2-16H,1H3/b20-16+. The monoisotopic (exact) mass is 338 g/mol. The van der Waals surface area contributed by atoms with Crippen molar-refractivity contribution >= 4 is 22.6 Å². The summed E-state index contributed by atoms with van der Waals surface area (Å²) < 4.78 is 1.98. The van der Waals surface area contributed by atoms with Crippen molar-refractivity contribution in [3.8, 4) is 0 Å². The molecule has 0 bridgehead atoms. The van der Waals surface area contributed by atoms with Crippen LogP contribution < -0.4 is 5.56 Å². The van der Waals surface area contributed by atoms with E-state index in [4.69, 9.17) is 0 Å². The van der Waals surface area contributed by atoms with Gasteiger partial charge in [0.15, 0.2) is 0 Å². The average Bonchev–Trinajstić information content (AvgIpc) is 2.71. The average molecular weight is 338 g/mol. The predicted molar refractivity (Wildman–Crippen MR) is 107 cm³/mol. The van der Waals surface area contributed by atoms with Gasteiger partial charge in [-0.1, -0.05) is 72.8 Å². The number of nitrogens with zero attached hydrogens (tertiary/aromatic N) is 2. The summed E-state index contributed by atoms with van der Waals surface area (Å²) in [5, 5.41) is 0.630. The van der Waals surface area contributed by atoms with Crippen molar-refractivity contribution < 1.29 is 0 Å². The maximum Gasteiger partial charge on any atom is 0.281 e. The molecule has 0 saturated heterocycles. The summed E-state index contributed by atoms with van der Waals surface area (Å²) in [7, 11) is 1.95. The molecule has 0 atom stereocenters. The second-order valence-electron chi connectivity index (χ2n) is 6.15. The van der Waals surface area contributed by atoms with Gasteiger partial charge in [-0.25, -0.2) is 0 Å². The third kappa shape index (κ3) is 2.95. The second kappa shape index (κ2) is 6.81. The number of aryl methyl sites for hydroxylation is 1. The lowest BCUT2D eigenvalue weighted by Crippen LogP contribution is -2.17. The first kappa shape index (κ1) is 16.0. The highest BCUT2D eigenvalue weighted by molar-refractivity contribution is 5.91. The minimum absolute atomic E-state index is 0.205. The first-order valence-electron chi connectivity index (χ1n) is 8.52. The molecule has 1 heterocycles. The second-order valence-corrected chi connectivity index (χ2v) is 6.15. The number of para-hydroxylation sites is 1. The molecule has 126 valence electrons. The van der Waals surface area contributed by atoms with Gasteiger partial charge >= 0.3 is 0 Å². The zero-order valence-electron chi connectivity index (χ0n) is 14.5. The quantitative estimate of drug-likeness (QED) is 0.515. The van der Waals surface area contributed by atoms with Crippen LogP contribution in [0, 0.1) is 0 Å². The molecule has 0 aliphatic heterocycles. The number of benzene rings is 3. The Morgan fingerprint density at radius 2 is 1.46 bits per heavy atom. The van der Waals surface area contributed by atoms with Crippen LogP contribution in [0.3, 0.4) is 0 Å². The van der Waals surface area contributed by atoms with E-state index in [-0.39, 0.29) is 5.56 Å². The molecule has 4 rings (SSSR count). The third-order valence-corrected chi connectivity index (χ3v) is 4.46. The van der Waals surface area contributed by atoms with Crippen molar-refractivity contribution in [1.82, 2.24) is 9.55 Å². The molecule has 0 saturated carbocycles. The molecular formula is C23H18N2O. The van der Waals surface area contributed by atoms with Gasteiger partial charge < -0.3 is 4.57 Å². The molecule has 3 heteroatoms. The fourth-order valence-electron chi connectivity index (χ4n) is 3.14. The highest BCUT2D eigenvalue weighted by Crippen LogP contribution is 2.25. The highest BCUT2D eigenvalue weighted by Gasteiger charge is 2.13. The normalized spacial score (nSPS) is 11.7. The van der Waals surface area contributed by atoms with Crippen LogP contribution in [0.4, 0.5) is 0 Å². The molecule has 0 fully saturated rings. The van der Waals surface area contributed by atoms with Crippen molar-refractivity contribution in [1.29, 1.82) is 0 Å². The zero-order valence-corrected chi connectivity index (χ0v) is 14.5. The fraction of sp³-hybridized carbons (Fsp3) is 0.0435. The van der Waals surface area contributed by atoms with Gasteiger partial charge in [-0.15, -0.1) is 0 Å². The maximum atomic E-state index is 12.6. The van der Waals surface area contributed by atoms with Crippen LogP contribution in [0.2, 0.25) is 0 Å². The third-order valence-electron chi connectivity index (χ3n) is 4.46. The molecule has 3 aromatic carbocycles. The Labute approximate surface area is 151 Å². The molecule has 0 aliphatic carbocycles. The van der Waals surface area contributed by atoms with Gasteiger partial charge in [-0.05, 0) is 29.3 Å². The molecule has 0 aliphatic rings. The zero-order chi connectivity index (χ0) is 17.9. The van der Waals surface area contributed by atoms with Crippen molar-refractivity contribution in [3.05, 3.63) is 112 Å². The Balaban J connectivity index is 2.02. The molecule has 1 aromatic heterocycles. The Kier molecular flexibility index (Phi) is 4.20. The van der Waals surface area contributed by atoms with E-state index in [9.17, 15) is 4.79 Å². The van der Waals surface area contributed by atoms with Gasteiger partial charge in [0.25, 0.3) is 5.56 Å². The van der Waals surface area contributed by atoms with E-state index in [0.717, 1.165) is 22.2 Å². The van der Waals surface area contributed by atoms with E-state index >= 15 is 0 Å². The van der Waals surface area contributed by atoms with Crippen LogP contribution in [-0.2, 0) is 7.05 Å². The highest BCUT2D eigenvalue weighted by atomic mass is 16.1. The van der Waals surface area contributed by atoms with Gasteiger partial charge in [0.1, 0.15) is 5.82 Å². The largest absolute Gasteiger partial charge is 0.328 e. The van der Waals surface area contributed by atoms with Crippen molar-refractivity contribution in [2.75, 3.05) is 0 Å². The van der Waals surface area contributed by atoms with Gasteiger partial charge in [0.2, 0.25) is 0 Å². The minimum atomic E-state index is -0.205. The number of hydrogen-bond acceptors (Lipinski definition) is 2. The SMILES string of the molecule is Cn1c(/C(=C/c2ccccc2)c2ccccc2)nc(=O)c2ccccc21. The smallest absolute Gasteiger partial charge is 0.281 e. The summed E-state index contributed by atoms with van der Waals surface area (Å²) in [6.45, 7) is 0. The van der Waals surface area contributed by atoms with E-state index in [1.165, 1.54) is 0 Å². The molecule has 0 spiro atoms. The summed E-state index contributed by atoms with van der Waals surface area (Å²) in [5.41, 5.74) is 3.67. The Bertz CT molecular complexity index is 1140. The van der Waals surface area contributed by atoms with E-state index in [1.807, 2.05) is 96.5 Å². The number of hydrogen-bond donors (Lipinski definition) is 0. The predicted octanol–water partition coefficient (Wildman–Crippen LogP) is 4.52. The topological polar surface area (TPSA) is 34.9 Å². The van der Waals surface area contributed by atoms with Crippen LogP contribution >= 0.6 is 0 Å². The lowest BCUT2D eigenvalue weighted by Gasteiger charge is -2.14. The van der Waals surface area contributed by atoms with E-state index < -0.39 is 0 Å². The van der Waals surface area contributed by atoms with Gasteiger partial charge in [-0.2, -0.15) is 4.98 Å². The van der Waals surface area contributed by atoms with E-state index in [1.54, 1.807) is 0 Å². The number of aromatic nitrogens is 2. The molecular weight excluding hydrogens is 320 g/mol. The molecule has 0 amide bonds. The van der Waals surface area contributed by atoms with E-state index in [2.05, 4.69) is 11.1 Å². The van der Waals surface area contributed by atoms with Gasteiger partial charge in [-0.3, -0.25) is 4.79 Å². The first-order chi connectivity index (χ1) is 12.7. The van der Waals surface area contributed by atoms with E-state index in [0.29, 0.717) is 11.2 Å². The Hall–Kier alpha value is -3.46. The van der Waals surface area contributed by atoms with Crippen LogP contribution in [0.5, 0.6) is 0 Å². The summed E-state index contributed by atoms with van der Waals surface area (Å²) in [6.07, 6.45) is 2.08. The Morgan fingerprint density at radius 3 is 2.19 bits per heavy atom. The lowest BCUT2D eigenvalue weighted by atomic mass is 10.0. The molecule has 0 radical (unpaired) electrons. The van der Waals surface area contributed by atoms with Crippen LogP contribution in [0.15, 0.2) is 89.7 Å². The minimum Gasteiger partial charge on any atom is -0.328 e. The number of rotatable bonds is 3. The molecule has 26 heavy (non-hydrogen) atoms. The Morgan fingerprint density at radius 1 is 0.846 bits per heavy atom. The van der Waals surface area contributed by atoms with Crippen molar-refractivity contribution in [3.63, 3.8) is 0 Å². The lowest BCUT2D eigenvalue weighted by molar-refractivity contribution is 0.876. The van der Waals surface area contributed by atoms with Gasteiger partial charge in [0, 0.05) is 12.6 Å². The first-order valence-corrected chi connectivity index (χ1v) is 8.52. The summed E-state index contributed by atoms with van der Waals surface area (Å²) in [5.74, 6) is 0.656. The maximum absolute atomic E-state index is 12.6. The number of fused-ring (bicyclic) bond motifs is 1. The van der Waals surface area contributed by atoms with Crippen LogP contribution in [0.25, 0.3) is 22.6 Å².